The van der Waals surface area contributed by atoms with Crippen LogP contribution in [0.3, 0.4) is 0 Å². The molecule has 4 rings (SSSR count). The second kappa shape index (κ2) is 9.89. The number of nitrogens with zero attached hydrogens (tertiary/aromatic N) is 2. The Kier molecular flexibility index (Phi) is 8.13. The summed E-state index contributed by atoms with van der Waals surface area (Å²) in [5, 5.41) is 4.67. The van der Waals surface area contributed by atoms with E-state index in [1.165, 1.54) is 10.9 Å². The third-order valence-corrected chi connectivity index (χ3v) is 5.66. The summed E-state index contributed by atoms with van der Waals surface area (Å²) in [6.07, 6.45) is 4.28. The monoisotopic (exact) mass is 413 g/mol. The van der Waals surface area contributed by atoms with Crippen molar-refractivity contribution in [2.75, 3.05) is 39.4 Å². The number of piperazine rings is 1. The number of fused-ring (bicyclic) bond motifs is 1. The minimum atomic E-state index is 0. The Morgan fingerprint density at radius 3 is 2.48 bits per heavy atom. The molecule has 0 unspecified atom stereocenters. The molecule has 0 spiro atoms. The van der Waals surface area contributed by atoms with Gasteiger partial charge >= 0.3 is 0 Å². The van der Waals surface area contributed by atoms with Crippen LogP contribution in [0.5, 0.6) is 0 Å². The second-order valence-electron chi connectivity index (χ2n) is 7.17. The van der Waals surface area contributed by atoms with Gasteiger partial charge in [-0.25, -0.2) is 0 Å². The molecule has 2 aromatic rings. The molecule has 0 aliphatic carbocycles. The molecular weight excluding hydrogens is 385 g/mol. The Morgan fingerprint density at radius 1 is 1.15 bits per heavy atom. The number of rotatable bonds is 3. The van der Waals surface area contributed by atoms with E-state index in [0.29, 0.717) is 12.0 Å². The van der Waals surface area contributed by atoms with E-state index < -0.39 is 0 Å². The first-order valence-corrected chi connectivity index (χ1v) is 9.39. The van der Waals surface area contributed by atoms with Gasteiger partial charge in [0.15, 0.2) is 0 Å². The fourth-order valence-corrected chi connectivity index (χ4v) is 4.44. The molecule has 1 atom stereocenters. The zero-order valence-electron chi connectivity index (χ0n) is 15.7. The predicted octanol–water partition coefficient (Wildman–Crippen LogP) is 3.52. The van der Waals surface area contributed by atoms with Crippen LogP contribution < -0.4 is 5.32 Å². The van der Waals surface area contributed by atoms with Crippen LogP contribution in [-0.4, -0.2) is 54.8 Å². The summed E-state index contributed by atoms with van der Waals surface area (Å²) >= 11 is 0. The molecule has 0 radical (unpaired) electrons. The summed E-state index contributed by atoms with van der Waals surface area (Å²) in [6, 6.07) is 8.67. The maximum absolute atomic E-state index is 12.2. The number of halogens is 2. The summed E-state index contributed by atoms with van der Waals surface area (Å²) in [4.78, 5) is 14.8. The molecule has 2 saturated heterocycles. The van der Waals surface area contributed by atoms with Crippen molar-refractivity contribution in [3.63, 3.8) is 0 Å². The molecule has 0 bridgehead atoms. The standard InChI is InChI=1S/C20H27N3O2.2ClH/c1-15(24)23-14-18(17-4-2-3-5-19(17)23)20(16-6-12-25-13-7-16)22-10-8-21-9-11-22;;/h2-5,14,16,20-21H,6-13H2,1H3;2*1H/t20-;;/m1../s1. The summed E-state index contributed by atoms with van der Waals surface area (Å²) in [7, 11) is 0. The lowest BCUT2D eigenvalue weighted by atomic mass is 9.85. The molecule has 1 aromatic heterocycles. The number of benzene rings is 1. The number of carbonyl (C=O) groups excluding carboxylic acids is 1. The molecule has 5 nitrogen and oxygen atoms in total. The van der Waals surface area contributed by atoms with Crippen LogP contribution in [0.15, 0.2) is 30.5 Å². The molecule has 0 amide bonds. The Bertz CT molecular complexity index is 735. The summed E-state index contributed by atoms with van der Waals surface area (Å²) in [6.45, 7) is 7.51. The highest BCUT2D eigenvalue weighted by Gasteiger charge is 2.33. The fourth-order valence-electron chi connectivity index (χ4n) is 4.44. The highest BCUT2D eigenvalue weighted by molar-refractivity contribution is 5.93. The van der Waals surface area contributed by atoms with Gasteiger partial charge in [0.05, 0.1) is 5.52 Å². The first-order chi connectivity index (χ1) is 12.3. The number of ether oxygens (including phenoxy) is 1. The molecule has 27 heavy (non-hydrogen) atoms. The highest BCUT2D eigenvalue weighted by atomic mass is 35.5. The van der Waals surface area contributed by atoms with E-state index in [0.717, 1.165) is 57.8 Å². The van der Waals surface area contributed by atoms with E-state index in [1.54, 1.807) is 6.92 Å². The molecule has 2 aliphatic heterocycles. The maximum Gasteiger partial charge on any atom is 0.227 e. The lowest BCUT2D eigenvalue weighted by Gasteiger charge is -2.40. The van der Waals surface area contributed by atoms with Crippen molar-refractivity contribution in [3.8, 4) is 0 Å². The zero-order chi connectivity index (χ0) is 17.2. The van der Waals surface area contributed by atoms with Gasteiger partial charge in [0.25, 0.3) is 0 Å². The van der Waals surface area contributed by atoms with Gasteiger partial charge in [0.2, 0.25) is 5.91 Å². The van der Waals surface area contributed by atoms with Crippen molar-refractivity contribution in [3.05, 3.63) is 36.0 Å². The molecule has 7 heteroatoms. The first kappa shape index (κ1) is 22.2. The number of nitrogens with one attached hydrogen (secondary N) is 1. The Morgan fingerprint density at radius 2 is 1.81 bits per heavy atom. The van der Waals surface area contributed by atoms with Crippen molar-refractivity contribution in [2.24, 2.45) is 5.92 Å². The summed E-state index contributed by atoms with van der Waals surface area (Å²) in [5.74, 6) is 0.659. The van der Waals surface area contributed by atoms with Crippen LogP contribution in [0.4, 0.5) is 0 Å². The molecule has 1 aromatic carbocycles. The van der Waals surface area contributed by atoms with Crippen LogP contribution in [0.25, 0.3) is 10.9 Å². The van der Waals surface area contributed by atoms with E-state index in [9.17, 15) is 4.79 Å². The predicted molar refractivity (Wildman–Crippen MR) is 113 cm³/mol. The first-order valence-electron chi connectivity index (χ1n) is 9.39. The van der Waals surface area contributed by atoms with Crippen LogP contribution >= 0.6 is 24.8 Å². The molecule has 150 valence electrons. The number of hydrogen-bond acceptors (Lipinski definition) is 4. The van der Waals surface area contributed by atoms with E-state index in [2.05, 4.69) is 34.6 Å². The van der Waals surface area contributed by atoms with Crippen LogP contribution in [0.2, 0.25) is 0 Å². The highest BCUT2D eigenvalue weighted by Crippen LogP contribution is 2.39. The largest absolute Gasteiger partial charge is 0.381 e. The topological polar surface area (TPSA) is 46.5 Å². The number of hydrogen-bond donors (Lipinski definition) is 1. The van der Waals surface area contributed by atoms with Gasteiger partial charge in [-0.1, -0.05) is 18.2 Å². The third kappa shape index (κ3) is 4.49. The average Bonchev–Trinajstić information content (AvgIpc) is 3.04. The zero-order valence-corrected chi connectivity index (χ0v) is 17.4. The number of carbonyl (C=O) groups is 1. The molecule has 2 fully saturated rings. The summed E-state index contributed by atoms with van der Waals surface area (Å²) in [5.41, 5.74) is 2.33. The van der Waals surface area contributed by atoms with E-state index >= 15 is 0 Å². The average molecular weight is 414 g/mol. The van der Waals surface area contributed by atoms with Gasteiger partial charge in [0, 0.05) is 63.9 Å². The number of aromatic nitrogens is 1. The van der Waals surface area contributed by atoms with E-state index in [4.69, 9.17) is 4.74 Å². The quantitative estimate of drug-likeness (QED) is 0.835. The Balaban J connectivity index is 0.00000131. The normalized spacial score (nSPS) is 19.9. The van der Waals surface area contributed by atoms with Gasteiger partial charge < -0.3 is 10.1 Å². The van der Waals surface area contributed by atoms with Crippen LogP contribution in [-0.2, 0) is 4.74 Å². The van der Waals surface area contributed by atoms with Crippen molar-refractivity contribution < 1.29 is 9.53 Å². The smallest absolute Gasteiger partial charge is 0.227 e. The van der Waals surface area contributed by atoms with Crippen molar-refractivity contribution >= 4 is 41.6 Å². The van der Waals surface area contributed by atoms with Crippen molar-refractivity contribution in [1.29, 1.82) is 0 Å². The molecule has 0 saturated carbocycles. The molecule has 1 N–H and O–H groups in total. The lowest BCUT2D eigenvalue weighted by Crippen LogP contribution is -2.47. The lowest BCUT2D eigenvalue weighted by molar-refractivity contribution is 0.0216. The van der Waals surface area contributed by atoms with Crippen LogP contribution in [0.1, 0.15) is 36.2 Å². The van der Waals surface area contributed by atoms with Crippen molar-refractivity contribution in [1.82, 2.24) is 14.8 Å². The fraction of sp³-hybridized carbons (Fsp3) is 0.550. The van der Waals surface area contributed by atoms with Gasteiger partial charge in [-0.2, -0.15) is 0 Å². The number of para-hydroxylation sites is 1. The summed E-state index contributed by atoms with van der Waals surface area (Å²) < 4.78 is 7.43. The SMILES string of the molecule is CC(=O)n1cc([C@@H](C2CCOCC2)N2CCNCC2)c2ccccc21.Cl.Cl. The van der Waals surface area contributed by atoms with Gasteiger partial charge in [-0.05, 0) is 30.4 Å². The van der Waals surface area contributed by atoms with Crippen LogP contribution in [0, 0.1) is 5.92 Å². The van der Waals surface area contributed by atoms with Gasteiger partial charge in [-0.15, -0.1) is 24.8 Å². The van der Waals surface area contributed by atoms with E-state index in [-0.39, 0.29) is 30.7 Å². The molecule has 3 heterocycles. The van der Waals surface area contributed by atoms with Gasteiger partial charge in [0.1, 0.15) is 0 Å². The third-order valence-electron chi connectivity index (χ3n) is 5.66. The maximum atomic E-state index is 12.2. The molecule has 2 aliphatic rings. The van der Waals surface area contributed by atoms with E-state index in [1.807, 2.05) is 10.6 Å². The van der Waals surface area contributed by atoms with Crippen molar-refractivity contribution in [2.45, 2.75) is 25.8 Å². The second-order valence-corrected chi connectivity index (χ2v) is 7.17. The van der Waals surface area contributed by atoms with Gasteiger partial charge in [-0.3, -0.25) is 14.3 Å². The minimum Gasteiger partial charge on any atom is -0.381 e. The Labute approximate surface area is 173 Å². The Hall–Kier alpha value is -1.11. The minimum absolute atomic E-state index is 0. The molecular formula is C20H29Cl2N3O2.